The zero-order chi connectivity index (χ0) is 39.3. The molecular weight excluding hydrogens is 731 g/mol. The number of hydrogen-bond acceptors (Lipinski definition) is 1. The van der Waals surface area contributed by atoms with Gasteiger partial charge in [-0.15, -0.1) is 0 Å². The van der Waals surface area contributed by atoms with Gasteiger partial charge < -0.3 is 13.7 Å². The van der Waals surface area contributed by atoms with E-state index in [1.54, 1.807) is 0 Å². The van der Waals surface area contributed by atoms with E-state index in [-0.39, 0.29) is 0 Å². The van der Waals surface area contributed by atoms with Gasteiger partial charge in [0.05, 0.1) is 44.1 Å². The SMILES string of the molecule is c1ccc(-c2nc3cc4c(cc3n2-c2ccc3c(c2)c2ccccc2n3-c2ccccc2)c2ccccc2n4-c2ccc3c(c2)c2ccccc2n3-c2ccccc2)cc1. The van der Waals surface area contributed by atoms with Crippen molar-refractivity contribution >= 4 is 76.5 Å². The second-order valence-electron chi connectivity index (χ2n) is 15.6. The Labute approximate surface area is 344 Å². The van der Waals surface area contributed by atoms with E-state index in [4.69, 9.17) is 4.98 Å². The van der Waals surface area contributed by atoms with E-state index < -0.39 is 0 Å². The van der Waals surface area contributed by atoms with Crippen LogP contribution in [0.25, 0.3) is 111 Å². The van der Waals surface area contributed by atoms with Crippen LogP contribution in [0.5, 0.6) is 0 Å². The molecule has 0 amide bonds. The van der Waals surface area contributed by atoms with Crippen molar-refractivity contribution in [2.75, 3.05) is 0 Å². The highest BCUT2D eigenvalue weighted by Crippen LogP contribution is 2.41. The van der Waals surface area contributed by atoms with Gasteiger partial charge in [0.15, 0.2) is 0 Å². The summed E-state index contributed by atoms with van der Waals surface area (Å²) in [6.45, 7) is 0. The summed E-state index contributed by atoms with van der Waals surface area (Å²) in [6, 6.07) is 76.6. The molecule has 0 spiro atoms. The van der Waals surface area contributed by atoms with Crippen LogP contribution < -0.4 is 0 Å². The number of fused-ring (bicyclic) bond motifs is 10. The maximum Gasteiger partial charge on any atom is 0.145 e. The van der Waals surface area contributed by atoms with Gasteiger partial charge in [-0.3, -0.25) is 4.57 Å². The molecule has 0 aliphatic rings. The maximum atomic E-state index is 5.48. The van der Waals surface area contributed by atoms with Crippen molar-refractivity contribution in [3.05, 3.63) is 212 Å². The minimum atomic E-state index is 0.912. The molecule has 0 saturated carbocycles. The summed E-state index contributed by atoms with van der Waals surface area (Å²) < 4.78 is 9.52. The summed E-state index contributed by atoms with van der Waals surface area (Å²) in [5.74, 6) is 0.912. The van der Waals surface area contributed by atoms with Gasteiger partial charge >= 0.3 is 0 Å². The van der Waals surface area contributed by atoms with Crippen molar-refractivity contribution in [2.24, 2.45) is 0 Å². The summed E-state index contributed by atoms with van der Waals surface area (Å²) in [4.78, 5) is 5.48. The van der Waals surface area contributed by atoms with Gasteiger partial charge in [0, 0.05) is 60.6 Å². The van der Waals surface area contributed by atoms with Crippen LogP contribution in [0.3, 0.4) is 0 Å². The third-order valence-electron chi connectivity index (χ3n) is 12.3. The lowest BCUT2D eigenvalue weighted by Crippen LogP contribution is -1.98. The quantitative estimate of drug-likeness (QED) is 0.172. The highest BCUT2D eigenvalue weighted by molar-refractivity contribution is 6.15. The predicted molar refractivity (Wildman–Crippen MR) is 250 cm³/mol. The van der Waals surface area contributed by atoms with Crippen LogP contribution in [0, 0.1) is 0 Å². The van der Waals surface area contributed by atoms with E-state index in [1.165, 1.54) is 54.4 Å². The Morgan fingerprint density at radius 2 is 0.650 bits per heavy atom. The normalized spacial score (nSPS) is 12.0. The number of nitrogens with zero attached hydrogens (tertiary/aromatic N) is 5. The molecule has 280 valence electrons. The van der Waals surface area contributed by atoms with Crippen molar-refractivity contribution in [3.63, 3.8) is 0 Å². The van der Waals surface area contributed by atoms with Gasteiger partial charge in [0.25, 0.3) is 0 Å². The molecule has 13 aromatic rings. The Hall–Kier alpha value is -8.15. The summed E-state index contributed by atoms with van der Waals surface area (Å²) in [7, 11) is 0. The van der Waals surface area contributed by atoms with Crippen molar-refractivity contribution in [2.45, 2.75) is 0 Å². The predicted octanol–water partition coefficient (Wildman–Crippen LogP) is 14.0. The number of aromatic nitrogens is 5. The number of para-hydroxylation sites is 5. The fourth-order valence-electron chi connectivity index (χ4n) is 9.77. The molecule has 0 radical (unpaired) electrons. The first kappa shape index (κ1) is 32.9. The standard InChI is InChI=1S/C55H35N5/c1-4-16-36(17-5-1)55-56-47-35-53-46(34-54(47)60(55)40-29-31-52-45(33-40)42-23-11-14-26-49(42)58(52)38-20-8-3-9-21-38)43-24-12-15-27-50(43)59(53)39-28-30-51-44(32-39)41-22-10-13-25-48(41)57(51)37-18-6-2-7-19-37/h1-35H. The van der Waals surface area contributed by atoms with Crippen LogP contribution in [0.15, 0.2) is 212 Å². The highest BCUT2D eigenvalue weighted by atomic mass is 15.1. The average molecular weight is 766 g/mol. The molecule has 0 saturated heterocycles. The lowest BCUT2D eigenvalue weighted by atomic mass is 10.1. The molecule has 0 N–H and O–H groups in total. The summed E-state index contributed by atoms with van der Waals surface area (Å²) in [5.41, 5.74) is 14.6. The lowest BCUT2D eigenvalue weighted by molar-refractivity contribution is 1.10. The molecule has 0 fully saturated rings. The molecule has 0 bridgehead atoms. The summed E-state index contributed by atoms with van der Waals surface area (Å²) in [6.07, 6.45) is 0. The van der Waals surface area contributed by atoms with Crippen LogP contribution in [-0.4, -0.2) is 23.3 Å². The van der Waals surface area contributed by atoms with Crippen molar-refractivity contribution in [1.82, 2.24) is 23.3 Å². The van der Waals surface area contributed by atoms with Gasteiger partial charge in [-0.05, 0) is 91.0 Å². The van der Waals surface area contributed by atoms with Crippen LogP contribution in [0.2, 0.25) is 0 Å². The van der Waals surface area contributed by atoms with E-state index in [0.717, 1.165) is 56.2 Å². The smallest absolute Gasteiger partial charge is 0.145 e. The van der Waals surface area contributed by atoms with E-state index >= 15 is 0 Å². The first-order valence-corrected chi connectivity index (χ1v) is 20.5. The summed E-state index contributed by atoms with van der Waals surface area (Å²) in [5, 5.41) is 7.27. The van der Waals surface area contributed by atoms with Crippen LogP contribution in [-0.2, 0) is 0 Å². The molecule has 13 rings (SSSR count). The van der Waals surface area contributed by atoms with Gasteiger partial charge in [-0.1, -0.05) is 121 Å². The molecule has 9 aromatic carbocycles. The van der Waals surface area contributed by atoms with Crippen LogP contribution in [0.4, 0.5) is 0 Å². The Morgan fingerprint density at radius 3 is 1.17 bits per heavy atom. The molecule has 0 aliphatic heterocycles. The van der Waals surface area contributed by atoms with Gasteiger partial charge in [0.1, 0.15) is 5.82 Å². The highest BCUT2D eigenvalue weighted by Gasteiger charge is 2.22. The lowest BCUT2D eigenvalue weighted by Gasteiger charge is -2.12. The zero-order valence-corrected chi connectivity index (χ0v) is 32.4. The van der Waals surface area contributed by atoms with Gasteiger partial charge in [-0.2, -0.15) is 0 Å². The fourth-order valence-corrected chi connectivity index (χ4v) is 9.77. The minimum Gasteiger partial charge on any atom is -0.309 e. The fraction of sp³-hybridized carbons (Fsp3) is 0. The first-order chi connectivity index (χ1) is 29.8. The Kier molecular flexibility index (Phi) is 6.95. The first-order valence-electron chi connectivity index (χ1n) is 20.5. The van der Waals surface area contributed by atoms with Crippen molar-refractivity contribution in [3.8, 4) is 34.1 Å². The maximum absolute atomic E-state index is 5.48. The molecule has 4 heterocycles. The van der Waals surface area contributed by atoms with Gasteiger partial charge in [0.2, 0.25) is 0 Å². The Balaban J connectivity index is 1.07. The van der Waals surface area contributed by atoms with Crippen molar-refractivity contribution in [1.29, 1.82) is 0 Å². The molecule has 0 atom stereocenters. The van der Waals surface area contributed by atoms with Gasteiger partial charge in [-0.25, -0.2) is 4.98 Å². The number of imidazole rings is 1. The third-order valence-corrected chi connectivity index (χ3v) is 12.3. The topological polar surface area (TPSA) is 32.6 Å². The Morgan fingerprint density at radius 1 is 0.250 bits per heavy atom. The zero-order valence-electron chi connectivity index (χ0n) is 32.4. The van der Waals surface area contributed by atoms with Crippen LogP contribution >= 0.6 is 0 Å². The second kappa shape index (κ2) is 12.7. The largest absolute Gasteiger partial charge is 0.309 e. The monoisotopic (exact) mass is 765 g/mol. The summed E-state index contributed by atoms with van der Waals surface area (Å²) >= 11 is 0. The number of hydrogen-bond donors (Lipinski definition) is 0. The third kappa shape index (κ3) is 4.71. The molecule has 5 heteroatoms. The van der Waals surface area contributed by atoms with Crippen molar-refractivity contribution < 1.29 is 0 Å². The second-order valence-corrected chi connectivity index (χ2v) is 15.6. The van der Waals surface area contributed by atoms with Crippen LogP contribution in [0.1, 0.15) is 0 Å². The number of rotatable bonds is 5. The van der Waals surface area contributed by atoms with E-state index in [2.05, 4.69) is 231 Å². The average Bonchev–Trinajstić information content (AvgIpc) is 4.05. The van der Waals surface area contributed by atoms with E-state index in [1.807, 2.05) is 0 Å². The molecule has 0 unspecified atom stereocenters. The Bertz CT molecular complexity index is 3810. The minimum absolute atomic E-state index is 0.912. The molecule has 60 heavy (non-hydrogen) atoms. The molecular formula is C55H35N5. The van der Waals surface area contributed by atoms with E-state index in [9.17, 15) is 0 Å². The number of benzene rings is 9. The molecule has 4 aromatic heterocycles. The molecule has 0 aliphatic carbocycles. The molecule has 5 nitrogen and oxygen atoms in total. The van der Waals surface area contributed by atoms with E-state index in [0.29, 0.717) is 0 Å².